The third-order valence-electron chi connectivity index (χ3n) is 5.66. The Morgan fingerprint density at radius 1 is 1.14 bits per heavy atom. The molecule has 3 aromatic rings. The van der Waals surface area contributed by atoms with Gasteiger partial charge < -0.3 is 19.6 Å². The molecule has 0 radical (unpaired) electrons. The number of aliphatic carboxylic acids is 1. The Balaban J connectivity index is 0.000000429. The average molecular weight is 495 g/mol. The predicted molar refractivity (Wildman–Crippen MR) is 119 cm³/mol. The minimum atomic E-state index is -5.08. The van der Waals surface area contributed by atoms with Gasteiger partial charge in [0.15, 0.2) is 0 Å². The lowest BCUT2D eigenvalue weighted by molar-refractivity contribution is -0.192. The molecule has 7 nitrogen and oxygen atoms in total. The second kappa shape index (κ2) is 11.4. The van der Waals surface area contributed by atoms with Crippen molar-refractivity contribution in [1.29, 1.82) is 0 Å². The van der Waals surface area contributed by atoms with Gasteiger partial charge in [0.2, 0.25) is 11.7 Å². The molecule has 1 aliphatic heterocycles. The van der Waals surface area contributed by atoms with Crippen molar-refractivity contribution in [2.45, 2.75) is 32.0 Å². The molecule has 0 bridgehead atoms. The molecule has 0 amide bonds. The molecule has 11 heteroatoms. The Morgan fingerprint density at radius 2 is 1.80 bits per heavy atom. The van der Waals surface area contributed by atoms with E-state index in [4.69, 9.17) is 14.4 Å². The highest BCUT2D eigenvalue weighted by Crippen LogP contribution is 2.28. The molecule has 2 N–H and O–H groups in total. The highest BCUT2D eigenvalue weighted by atomic mass is 19.4. The fraction of sp³-hybridized carbons (Fsp3) is 0.375. The number of aromatic nitrogens is 2. The van der Waals surface area contributed by atoms with Crippen molar-refractivity contribution >= 4 is 5.97 Å². The van der Waals surface area contributed by atoms with Crippen LogP contribution in [0.15, 0.2) is 47.0 Å². The molecule has 2 aromatic carbocycles. The molecule has 0 saturated carbocycles. The number of benzene rings is 2. The van der Waals surface area contributed by atoms with E-state index in [-0.39, 0.29) is 12.4 Å². The van der Waals surface area contributed by atoms with Crippen LogP contribution < -0.4 is 0 Å². The molecule has 4 rings (SSSR count). The first-order valence-electron chi connectivity index (χ1n) is 10.9. The van der Waals surface area contributed by atoms with Crippen LogP contribution >= 0.6 is 0 Å². The molecule has 0 atom stereocenters. The SMILES string of the molecule is CN1CCC(Cc2nc(-c3ccc(-c4cccc(CO)c4)cc3F)no2)CC1.O=C(O)C(F)(F)F. The Labute approximate surface area is 199 Å². The van der Waals surface area contributed by atoms with Gasteiger partial charge in [0.1, 0.15) is 5.82 Å². The first-order valence-corrected chi connectivity index (χ1v) is 10.9. The molecule has 35 heavy (non-hydrogen) atoms. The maximum absolute atomic E-state index is 14.7. The van der Waals surface area contributed by atoms with E-state index in [0.29, 0.717) is 17.4 Å². The third-order valence-corrected chi connectivity index (χ3v) is 5.66. The number of halogens is 4. The summed E-state index contributed by atoms with van der Waals surface area (Å²) < 4.78 is 51.9. The molecular weight excluding hydrogens is 470 g/mol. The van der Waals surface area contributed by atoms with Gasteiger partial charge in [-0.25, -0.2) is 9.18 Å². The maximum Gasteiger partial charge on any atom is 0.490 e. The van der Waals surface area contributed by atoms with E-state index in [9.17, 15) is 22.7 Å². The van der Waals surface area contributed by atoms with Gasteiger partial charge in [-0.2, -0.15) is 18.2 Å². The van der Waals surface area contributed by atoms with E-state index in [0.717, 1.165) is 49.0 Å². The van der Waals surface area contributed by atoms with Crippen molar-refractivity contribution in [2.75, 3.05) is 20.1 Å². The molecule has 1 aromatic heterocycles. The third kappa shape index (κ3) is 7.33. The zero-order chi connectivity index (χ0) is 25.6. The number of carboxylic acids is 1. The number of carboxylic acid groups (broad SMARTS) is 1. The standard InChI is InChI=1S/C22H24FN3O2.C2HF3O2/c1-26-9-7-15(8-10-26)12-21-24-22(25-28-21)19-6-5-18(13-20(19)23)17-4-2-3-16(11-17)14-27;3-2(4,5)1(6)7/h2-6,11,13,15,27H,7-10,12,14H2,1H3;(H,6,7). The van der Waals surface area contributed by atoms with Gasteiger partial charge in [0.25, 0.3) is 0 Å². The van der Waals surface area contributed by atoms with Crippen LogP contribution in [-0.4, -0.2) is 57.5 Å². The number of hydrogen-bond donors (Lipinski definition) is 2. The van der Waals surface area contributed by atoms with Gasteiger partial charge in [-0.05, 0) is 73.8 Å². The van der Waals surface area contributed by atoms with Crippen molar-refractivity contribution < 1.29 is 37.1 Å². The van der Waals surface area contributed by atoms with Crippen LogP contribution in [0, 0.1) is 11.7 Å². The van der Waals surface area contributed by atoms with Crippen molar-refractivity contribution in [1.82, 2.24) is 15.0 Å². The highest BCUT2D eigenvalue weighted by molar-refractivity contribution is 5.73. The van der Waals surface area contributed by atoms with Crippen molar-refractivity contribution in [3.8, 4) is 22.5 Å². The molecule has 188 valence electrons. The fourth-order valence-corrected chi connectivity index (χ4v) is 3.69. The zero-order valence-corrected chi connectivity index (χ0v) is 18.9. The lowest BCUT2D eigenvalue weighted by Gasteiger charge is -2.27. The topological polar surface area (TPSA) is 99.7 Å². The second-order valence-corrected chi connectivity index (χ2v) is 8.32. The van der Waals surface area contributed by atoms with E-state index in [2.05, 4.69) is 22.1 Å². The van der Waals surface area contributed by atoms with Crippen LogP contribution in [0.5, 0.6) is 0 Å². The van der Waals surface area contributed by atoms with Gasteiger partial charge in [0.05, 0.1) is 12.2 Å². The lowest BCUT2D eigenvalue weighted by atomic mass is 9.94. The smallest absolute Gasteiger partial charge is 0.475 e. The van der Waals surface area contributed by atoms with Gasteiger partial charge in [-0.3, -0.25) is 0 Å². The molecule has 1 saturated heterocycles. The highest BCUT2D eigenvalue weighted by Gasteiger charge is 2.38. The summed E-state index contributed by atoms with van der Waals surface area (Å²) in [5.74, 6) is -1.75. The molecule has 2 heterocycles. The predicted octanol–water partition coefficient (Wildman–Crippen LogP) is 4.55. The van der Waals surface area contributed by atoms with E-state index < -0.39 is 18.0 Å². The van der Waals surface area contributed by atoms with Crippen LogP contribution in [0.3, 0.4) is 0 Å². The molecular formula is C24H25F4N3O4. The summed E-state index contributed by atoms with van der Waals surface area (Å²) >= 11 is 0. The molecule has 1 aliphatic rings. The molecule has 0 aliphatic carbocycles. The second-order valence-electron chi connectivity index (χ2n) is 8.32. The number of likely N-dealkylation sites (tertiary alicyclic amines) is 1. The van der Waals surface area contributed by atoms with Crippen LogP contribution in [0.2, 0.25) is 0 Å². The van der Waals surface area contributed by atoms with Crippen molar-refractivity contribution in [2.24, 2.45) is 5.92 Å². The first kappa shape index (κ1) is 26.3. The number of nitrogens with zero attached hydrogens (tertiary/aromatic N) is 3. The summed E-state index contributed by atoms with van der Waals surface area (Å²) in [6, 6.07) is 12.4. The van der Waals surface area contributed by atoms with Gasteiger partial charge in [0, 0.05) is 6.42 Å². The Hall–Kier alpha value is -3.31. The maximum atomic E-state index is 14.7. The Morgan fingerprint density at radius 3 is 2.40 bits per heavy atom. The summed E-state index contributed by atoms with van der Waals surface area (Å²) in [5.41, 5.74) is 2.72. The normalized spacial score (nSPS) is 14.9. The van der Waals surface area contributed by atoms with E-state index in [1.807, 2.05) is 30.3 Å². The largest absolute Gasteiger partial charge is 0.490 e. The van der Waals surface area contributed by atoms with Crippen LogP contribution in [0.1, 0.15) is 24.3 Å². The number of piperidine rings is 1. The summed E-state index contributed by atoms with van der Waals surface area (Å²) in [4.78, 5) is 15.6. The van der Waals surface area contributed by atoms with E-state index >= 15 is 0 Å². The molecule has 1 fully saturated rings. The van der Waals surface area contributed by atoms with Crippen LogP contribution in [-0.2, 0) is 17.8 Å². The van der Waals surface area contributed by atoms with Crippen LogP contribution in [0.4, 0.5) is 17.6 Å². The van der Waals surface area contributed by atoms with Crippen LogP contribution in [0.25, 0.3) is 22.5 Å². The quantitative estimate of drug-likeness (QED) is 0.501. The van der Waals surface area contributed by atoms with E-state index in [1.54, 1.807) is 6.07 Å². The zero-order valence-electron chi connectivity index (χ0n) is 18.9. The minimum absolute atomic E-state index is 0.0443. The fourth-order valence-electron chi connectivity index (χ4n) is 3.69. The minimum Gasteiger partial charge on any atom is -0.475 e. The number of aliphatic hydroxyl groups is 1. The first-order chi connectivity index (χ1) is 16.6. The summed E-state index contributed by atoms with van der Waals surface area (Å²) in [7, 11) is 2.13. The number of carbonyl (C=O) groups is 1. The number of aliphatic hydroxyl groups excluding tert-OH is 1. The van der Waals surface area contributed by atoms with Crippen molar-refractivity contribution in [3.05, 3.63) is 59.7 Å². The summed E-state index contributed by atoms with van der Waals surface area (Å²) in [5, 5.41) is 20.4. The summed E-state index contributed by atoms with van der Waals surface area (Å²) in [6.45, 7) is 2.12. The Kier molecular flexibility index (Phi) is 8.57. The summed E-state index contributed by atoms with van der Waals surface area (Å²) in [6.07, 6.45) is -2.11. The van der Waals surface area contributed by atoms with E-state index in [1.165, 1.54) is 6.07 Å². The van der Waals surface area contributed by atoms with Crippen molar-refractivity contribution in [3.63, 3.8) is 0 Å². The molecule has 0 spiro atoms. The van der Waals surface area contributed by atoms with Gasteiger partial charge in [-0.15, -0.1) is 0 Å². The monoisotopic (exact) mass is 495 g/mol. The number of rotatable bonds is 5. The lowest BCUT2D eigenvalue weighted by Crippen LogP contribution is -2.30. The Bertz CT molecular complexity index is 1140. The average Bonchev–Trinajstić information content (AvgIpc) is 3.28. The number of alkyl halides is 3. The van der Waals surface area contributed by atoms with Gasteiger partial charge in [-0.1, -0.05) is 29.4 Å². The number of hydrogen-bond acceptors (Lipinski definition) is 6. The molecule has 0 unspecified atom stereocenters. The van der Waals surface area contributed by atoms with Gasteiger partial charge >= 0.3 is 12.1 Å².